The first-order chi connectivity index (χ1) is 6.52. The average Bonchev–Trinajstić information content (AvgIpc) is 2.13. The summed E-state index contributed by atoms with van der Waals surface area (Å²) in [5.74, 6) is 0.829. The van der Waals surface area contributed by atoms with Gasteiger partial charge in [-0.05, 0) is 50.5 Å². The van der Waals surface area contributed by atoms with Crippen LogP contribution >= 0.6 is 0 Å². The molecule has 0 aliphatic carbocycles. The second-order valence-corrected chi connectivity index (χ2v) is 3.75. The van der Waals surface area contributed by atoms with Gasteiger partial charge in [0.2, 0.25) is 0 Å². The summed E-state index contributed by atoms with van der Waals surface area (Å²) in [6.45, 7) is 8.01. The molecular formula is C12H17O2. The highest BCUT2D eigenvalue weighted by Gasteiger charge is 2.06. The first-order valence-electron chi connectivity index (χ1n) is 4.87. The normalized spacial score (nSPS) is 12.6. The molecule has 1 atom stereocenters. The standard InChI is InChI=1S/C12H17O2/c1-8-5-6-12(11(4)10(8)3)14-7-9(2)13/h5-6,9H,7H2,1-4H3. The quantitative estimate of drug-likeness (QED) is 0.725. The van der Waals surface area contributed by atoms with Crippen LogP contribution in [0.15, 0.2) is 12.1 Å². The minimum atomic E-state index is -0.670. The third-order valence-electron chi connectivity index (χ3n) is 2.48. The average molecular weight is 193 g/mol. The molecule has 0 spiro atoms. The maximum atomic E-state index is 10.8. The van der Waals surface area contributed by atoms with Crippen molar-refractivity contribution in [3.63, 3.8) is 0 Å². The molecule has 0 heterocycles. The molecule has 1 radical (unpaired) electrons. The Morgan fingerprint density at radius 3 is 2.43 bits per heavy atom. The van der Waals surface area contributed by atoms with Crippen molar-refractivity contribution in [3.05, 3.63) is 28.8 Å². The molecule has 0 aliphatic heterocycles. The molecule has 1 aromatic rings. The van der Waals surface area contributed by atoms with Crippen LogP contribution < -0.4 is 4.74 Å². The fourth-order valence-corrected chi connectivity index (χ4v) is 1.29. The molecular weight excluding hydrogens is 176 g/mol. The van der Waals surface area contributed by atoms with Crippen LogP contribution in [0.4, 0.5) is 0 Å². The number of ether oxygens (including phenoxy) is 1. The Morgan fingerprint density at radius 1 is 1.21 bits per heavy atom. The third kappa shape index (κ3) is 2.48. The molecule has 0 bridgehead atoms. The van der Waals surface area contributed by atoms with Gasteiger partial charge in [-0.3, -0.25) is 0 Å². The van der Waals surface area contributed by atoms with E-state index in [0.717, 1.165) is 11.3 Å². The van der Waals surface area contributed by atoms with Crippen LogP contribution in [-0.2, 0) is 5.11 Å². The van der Waals surface area contributed by atoms with E-state index < -0.39 is 6.10 Å². The molecule has 2 heteroatoms. The molecule has 0 fully saturated rings. The van der Waals surface area contributed by atoms with Gasteiger partial charge in [0.1, 0.15) is 18.5 Å². The Labute approximate surface area is 85.5 Å². The minimum absolute atomic E-state index is 0.239. The predicted octanol–water partition coefficient (Wildman–Crippen LogP) is 2.81. The molecule has 1 unspecified atom stereocenters. The highest BCUT2D eigenvalue weighted by molar-refractivity contribution is 5.42. The van der Waals surface area contributed by atoms with Gasteiger partial charge in [-0.25, -0.2) is 5.11 Å². The zero-order valence-electron chi connectivity index (χ0n) is 9.26. The van der Waals surface area contributed by atoms with E-state index in [-0.39, 0.29) is 6.61 Å². The van der Waals surface area contributed by atoms with Crippen molar-refractivity contribution >= 4 is 0 Å². The largest absolute Gasteiger partial charge is 0.490 e. The Hall–Kier alpha value is -1.02. The van der Waals surface area contributed by atoms with Gasteiger partial charge in [0, 0.05) is 0 Å². The summed E-state index contributed by atoms with van der Waals surface area (Å²) in [4.78, 5) is 0. The third-order valence-corrected chi connectivity index (χ3v) is 2.48. The molecule has 0 aliphatic rings. The lowest BCUT2D eigenvalue weighted by atomic mass is 10.0. The fourth-order valence-electron chi connectivity index (χ4n) is 1.29. The Morgan fingerprint density at radius 2 is 1.86 bits per heavy atom. The van der Waals surface area contributed by atoms with Crippen LogP contribution in [0.2, 0.25) is 0 Å². The molecule has 1 aromatic carbocycles. The summed E-state index contributed by atoms with van der Waals surface area (Å²) in [7, 11) is 0. The number of hydrogen-bond donors (Lipinski definition) is 0. The van der Waals surface area contributed by atoms with Crippen molar-refractivity contribution in [2.45, 2.75) is 33.8 Å². The molecule has 0 saturated carbocycles. The van der Waals surface area contributed by atoms with Crippen molar-refractivity contribution in [2.24, 2.45) is 0 Å². The highest BCUT2D eigenvalue weighted by atomic mass is 16.5. The van der Waals surface area contributed by atoms with Crippen LogP contribution in [0, 0.1) is 20.8 Å². The summed E-state index contributed by atoms with van der Waals surface area (Å²) in [5, 5.41) is 10.8. The van der Waals surface area contributed by atoms with Crippen molar-refractivity contribution in [3.8, 4) is 5.75 Å². The Kier molecular flexibility index (Phi) is 3.53. The summed E-state index contributed by atoms with van der Waals surface area (Å²) < 4.78 is 5.42. The summed E-state index contributed by atoms with van der Waals surface area (Å²) >= 11 is 0. The lowest BCUT2D eigenvalue weighted by Crippen LogP contribution is -2.12. The van der Waals surface area contributed by atoms with Gasteiger partial charge in [0.05, 0.1) is 0 Å². The molecule has 77 valence electrons. The second-order valence-electron chi connectivity index (χ2n) is 3.75. The lowest BCUT2D eigenvalue weighted by molar-refractivity contribution is 0.0582. The van der Waals surface area contributed by atoms with E-state index in [4.69, 9.17) is 4.74 Å². The monoisotopic (exact) mass is 193 g/mol. The van der Waals surface area contributed by atoms with Gasteiger partial charge in [0.15, 0.2) is 0 Å². The van der Waals surface area contributed by atoms with Gasteiger partial charge < -0.3 is 4.74 Å². The molecule has 14 heavy (non-hydrogen) atoms. The van der Waals surface area contributed by atoms with Crippen LogP contribution in [0.25, 0.3) is 0 Å². The number of benzene rings is 1. The maximum absolute atomic E-state index is 10.8. The smallest absolute Gasteiger partial charge is 0.124 e. The first kappa shape index (κ1) is 11.1. The van der Waals surface area contributed by atoms with E-state index in [2.05, 4.69) is 13.8 Å². The number of aryl methyl sites for hydroxylation is 1. The summed E-state index contributed by atoms with van der Waals surface area (Å²) in [5.41, 5.74) is 3.62. The highest BCUT2D eigenvalue weighted by Crippen LogP contribution is 2.23. The van der Waals surface area contributed by atoms with E-state index in [0.29, 0.717) is 0 Å². The second kappa shape index (κ2) is 4.47. The van der Waals surface area contributed by atoms with Crippen molar-refractivity contribution < 1.29 is 9.84 Å². The van der Waals surface area contributed by atoms with Crippen molar-refractivity contribution in [2.75, 3.05) is 6.61 Å². The van der Waals surface area contributed by atoms with Gasteiger partial charge >= 0.3 is 0 Å². The summed E-state index contributed by atoms with van der Waals surface area (Å²) in [6, 6.07) is 3.95. The zero-order chi connectivity index (χ0) is 10.7. The first-order valence-corrected chi connectivity index (χ1v) is 4.87. The SMILES string of the molecule is Cc1ccc(OCC(C)[O])c(C)c1C. The molecule has 1 rings (SSSR count). The summed E-state index contributed by atoms with van der Waals surface area (Å²) in [6.07, 6.45) is -0.670. The van der Waals surface area contributed by atoms with Gasteiger partial charge in [-0.2, -0.15) is 0 Å². The Bertz CT molecular complexity index is 316. The van der Waals surface area contributed by atoms with E-state index in [9.17, 15) is 5.11 Å². The maximum Gasteiger partial charge on any atom is 0.124 e. The fraction of sp³-hybridized carbons (Fsp3) is 0.500. The Balaban J connectivity index is 2.83. The zero-order valence-corrected chi connectivity index (χ0v) is 9.26. The van der Waals surface area contributed by atoms with E-state index in [1.54, 1.807) is 6.92 Å². The van der Waals surface area contributed by atoms with Crippen molar-refractivity contribution in [1.82, 2.24) is 0 Å². The topological polar surface area (TPSA) is 29.1 Å². The van der Waals surface area contributed by atoms with Crippen LogP contribution in [-0.4, -0.2) is 12.7 Å². The van der Waals surface area contributed by atoms with E-state index in [1.807, 2.05) is 19.1 Å². The molecule has 2 nitrogen and oxygen atoms in total. The molecule has 0 aromatic heterocycles. The molecule has 0 saturated heterocycles. The molecule has 0 N–H and O–H groups in total. The van der Waals surface area contributed by atoms with Crippen LogP contribution in [0.5, 0.6) is 5.75 Å². The van der Waals surface area contributed by atoms with Gasteiger partial charge in [0.25, 0.3) is 0 Å². The lowest BCUT2D eigenvalue weighted by Gasteiger charge is -2.13. The van der Waals surface area contributed by atoms with Crippen LogP contribution in [0.3, 0.4) is 0 Å². The number of hydrogen-bond acceptors (Lipinski definition) is 1. The van der Waals surface area contributed by atoms with E-state index >= 15 is 0 Å². The van der Waals surface area contributed by atoms with Crippen LogP contribution in [0.1, 0.15) is 23.6 Å². The van der Waals surface area contributed by atoms with Gasteiger partial charge in [-0.15, -0.1) is 0 Å². The minimum Gasteiger partial charge on any atom is -0.490 e. The predicted molar refractivity (Wildman–Crippen MR) is 56.3 cm³/mol. The van der Waals surface area contributed by atoms with Crippen molar-refractivity contribution in [1.29, 1.82) is 0 Å². The molecule has 0 amide bonds. The van der Waals surface area contributed by atoms with E-state index in [1.165, 1.54) is 11.1 Å². The van der Waals surface area contributed by atoms with Gasteiger partial charge in [-0.1, -0.05) is 6.07 Å². The number of rotatable bonds is 3.